The molecule has 1 heterocycles. The summed E-state index contributed by atoms with van der Waals surface area (Å²) in [7, 11) is -2.24. The summed E-state index contributed by atoms with van der Waals surface area (Å²) in [4.78, 5) is 15.0. The third kappa shape index (κ3) is 4.67. The summed E-state index contributed by atoms with van der Waals surface area (Å²) in [6.45, 7) is 1.50. The summed E-state index contributed by atoms with van der Waals surface area (Å²) in [5.74, 6) is -1.79. The van der Waals surface area contributed by atoms with Gasteiger partial charge in [-0.1, -0.05) is 6.92 Å². The Balaban J connectivity index is 2.80. The van der Waals surface area contributed by atoms with Gasteiger partial charge in [0.15, 0.2) is 9.84 Å². The maximum Gasteiger partial charge on any atom is 0.309 e. The van der Waals surface area contributed by atoms with Crippen molar-refractivity contribution in [2.24, 2.45) is 5.92 Å². The molecule has 6 nitrogen and oxygen atoms in total. The molecule has 102 valence electrons. The van der Waals surface area contributed by atoms with Gasteiger partial charge in [0.05, 0.1) is 24.5 Å². The molecule has 0 aliphatic heterocycles. The number of methoxy groups -OCH3 is 1. The highest BCUT2D eigenvalue weighted by molar-refractivity contribution is 7.90. The number of nitriles is 1. The Morgan fingerprint density at radius 1 is 1.58 bits per heavy atom. The lowest BCUT2D eigenvalue weighted by atomic mass is 10.2. The third-order valence-corrected chi connectivity index (χ3v) is 4.21. The summed E-state index contributed by atoms with van der Waals surface area (Å²) in [5.41, 5.74) is 0.636. The number of hydrogen-bond donors (Lipinski definition) is 0. The van der Waals surface area contributed by atoms with Gasteiger partial charge in [0.25, 0.3) is 0 Å². The van der Waals surface area contributed by atoms with Crippen molar-refractivity contribution >= 4 is 15.8 Å². The van der Waals surface area contributed by atoms with Crippen LogP contribution in [0.15, 0.2) is 18.3 Å². The van der Waals surface area contributed by atoms with E-state index in [4.69, 9.17) is 5.26 Å². The van der Waals surface area contributed by atoms with Crippen LogP contribution in [0.25, 0.3) is 0 Å². The fourth-order valence-electron chi connectivity index (χ4n) is 1.59. The van der Waals surface area contributed by atoms with Gasteiger partial charge in [0.2, 0.25) is 0 Å². The zero-order valence-electron chi connectivity index (χ0n) is 10.7. The minimum absolute atomic E-state index is 0.161. The molecule has 7 heteroatoms. The normalized spacial score (nSPS) is 12.5. The van der Waals surface area contributed by atoms with Gasteiger partial charge in [0, 0.05) is 6.20 Å². The van der Waals surface area contributed by atoms with E-state index in [1.807, 2.05) is 6.07 Å². The maximum absolute atomic E-state index is 11.9. The highest BCUT2D eigenvalue weighted by atomic mass is 32.2. The second-order valence-electron chi connectivity index (χ2n) is 4.14. The molecule has 0 radical (unpaired) electrons. The number of carbonyl (C=O) groups is 1. The molecule has 1 unspecified atom stereocenters. The summed E-state index contributed by atoms with van der Waals surface area (Å²) in [6.07, 6.45) is 1.38. The molecule has 19 heavy (non-hydrogen) atoms. The van der Waals surface area contributed by atoms with Gasteiger partial charge in [-0.2, -0.15) is 5.26 Å². The first-order valence-corrected chi connectivity index (χ1v) is 7.33. The number of sulfone groups is 1. The van der Waals surface area contributed by atoms with Crippen LogP contribution in [0.4, 0.5) is 0 Å². The van der Waals surface area contributed by atoms with Crippen LogP contribution in [0.1, 0.15) is 18.2 Å². The van der Waals surface area contributed by atoms with Crippen molar-refractivity contribution in [1.82, 2.24) is 4.98 Å². The molecule has 0 bridgehead atoms. The predicted molar refractivity (Wildman–Crippen MR) is 67.6 cm³/mol. The molecule has 0 amide bonds. The first-order valence-electron chi connectivity index (χ1n) is 5.51. The summed E-state index contributed by atoms with van der Waals surface area (Å²) >= 11 is 0. The minimum Gasteiger partial charge on any atom is -0.469 e. The highest BCUT2D eigenvalue weighted by Gasteiger charge is 2.22. The van der Waals surface area contributed by atoms with E-state index in [9.17, 15) is 13.2 Å². The topological polar surface area (TPSA) is 97.1 Å². The zero-order chi connectivity index (χ0) is 14.5. The van der Waals surface area contributed by atoms with E-state index in [-0.39, 0.29) is 17.2 Å². The molecule has 1 aromatic heterocycles. The Hall–Kier alpha value is -1.94. The van der Waals surface area contributed by atoms with Crippen LogP contribution < -0.4 is 0 Å². The quantitative estimate of drug-likeness (QED) is 0.736. The van der Waals surface area contributed by atoms with Crippen molar-refractivity contribution in [3.8, 4) is 6.07 Å². The van der Waals surface area contributed by atoms with Crippen LogP contribution in [0.5, 0.6) is 0 Å². The van der Waals surface area contributed by atoms with Crippen LogP contribution in [-0.4, -0.2) is 32.2 Å². The Labute approximate surface area is 111 Å². The fourth-order valence-corrected chi connectivity index (χ4v) is 3.29. The Morgan fingerprint density at radius 2 is 2.26 bits per heavy atom. The third-order valence-electron chi connectivity index (χ3n) is 2.43. The van der Waals surface area contributed by atoms with E-state index in [0.29, 0.717) is 5.56 Å². The van der Waals surface area contributed by atoms with E-state index in [1.54, 1.807) is 0 Å². The van der Waals surface area contributed by atoms with Gasteiger partial charge >= 0.3 is 5.97 Å². The average Bonchev–Trinajstić information content (AvgIpc) is 2.36. The molecule has 0 saturated heterocycles. The van der Waals surface area contributed by atoms with Crippen LogP contribution in [0, 0.1) is 17.2 Å². The fraction of sp³-hybridized carbons (Fsp3) is 0.417. The molecule has 0 saturated carbocycles. The van der Waals surface area contributed by atoms with Crippen molar-refractivity contribution in [1.29, 1.82) is 5.26 Å². The predicted octanol–water partition coefficient (Wildman–Crippen LogP) is 0.677. The van der Waals surface area contributed by atoms with E-state index in [1.165, 1.54) is 32.4 Å². The van der Waals surface area contributed by atoms with Crippen molar-refractivity contribution in [3.63, 3.8) is 0 Å². The second kappa shape index (κ2) is 6.29. The second-order valence-corrected chi connectivity index (χ2v) is 6.25. The van der Waals surface area contributed by atoms with Crippen LogP contribution in [0.2, 0.25) is 0 Å². The van der Waals surface area contributed by atoms with Crippen LogP contribution in [-0.2, 0) is 25.1 Å². The standard InChI is InChI=1S/C12H14N2O4S/c1-9(12(15)18-2)7-19(16,17)8-10-3-4-14-11(5-10)6-13/h3-5,9H,7-8H2,1-2H3. The molecule has 0 fully saturated rings. The molecule has 0 aliphatic rings. The lowest BCUT2D eigenvalue weighted by Crippen LogP contribution is -2.23. The van der Waals surface area contributed by atoms with Crippen molar-refractivity contribution in [2.45, 2.75) is 12.7 Å². The van der Waals surface area contributed by atoms with Crippen LogP contribution in [0.3, 0.4) is 0 Å². The zero-order valence-corrected chi connectivity index (χ0v) is 11.5. The summed E-state index contributed by atoms with van der Waals surface area (Å²) in [5, 5.41) is 8.69. The van der Waals surface area contributed by atoms with E-state index in [0.717, 1.165) is 0 Å². The number of rotatable bonds is 5. The first-order chi connectivity index (χ1) is 8.88. The number of hydrogen-bond acceptors (Lipinski definition) is 6. The number of pyridine rings is 1. The van der Waals surface area contributed by atoms with Crippen molar-refractivity contribution < 1.29 is 17.9 Å². The lowest BCUT2D eigenvalue weighted by Gasteiger charge is -2.09. The van der Waals surface area contributed by atoms with Gasteiger partial charge in [-0.3, -0.25) is 4.79 Å². The number of ether oxygens (including phenoxy) is 1. The molecular formula is C12H14N2O4S. The van der Waals surface area contributed by atoms with Crippen LogP contribution >= 0.6 is 0 Å². The molecule has 0 aromatic carbocycles. The van der Waals surface area contributed by atoms with Gasteiger partial charge in [0.1, 0.15) is 11.8 Å². The number of aromatic nitrogens is 1. The molecule has 1 atom stereocenters. The molecule has 1 rings (SSSR count). The lowest BCUT2D eigenvalue weighted by molar-refractivity contribution is -0.144. The number of carbonyl (C=O) groups excluding carboxylic acids is 1. The first kappa shape index (κ1) is 15.1. The summed E-state index contributed by atoms with van der Waals surface area (Å²) < 4.78 is 28.3. The van der Waals surface area contributed by atoms with Crippen molar-refractivity contribution in [3.05, 3.63) is 29.6 Å². The molecule has 1 aromatic rings. The SMILES string of the molecule is COC(=O)C(C)CS(=O)(=O)Cc1ccnc(C#N)c1. The van der Waals surface area contributed by atoms with Crippen molar-refractivity contribution in [2.75, 3.05) is 12.9 Å². The minimum atomic E-state index is -3.45. The van der Waals surface area contributed by atoms with E-state index in [2.05, 4.69) is 9.72 Å². The Kier molecular flexibility index (Phi) is 5.01. The molecule has 0 spiro atoms. The smallest absolute Gasteiger partial charge is 0.309 e. The van der Waals surface area contributed by atoms with Gasteiger partial charge in [-0.25, -0.2) is 13.4 Å². The van der Waals surface area contributed by atoms with E-state index >= 15 is 0 Å². The number of nitrogens with zero attached hydrogens (tertiary/aromatic N) is 2. The van der Waals surface area contributed by atoms with Gasteiger partial charge in [-0.05, 0) is 17.7 Å². The largest absolute Gasteiger partial charge is 0.469 e. The van der Waals surface area contributed by atoms with E-state index < -0.39 is 21.7 Å². The monoisotopic (exact) mass is 282 g/mol. The molecule has 0 N–H and O–H groups in total. The molecular weight excluding hydrogens is 268 g/mol. The van der Waals surface area contributed by atoms with Gasteiger partial charge in [-0.15, -0.1) is 0 Å². The number of esters is 1. The summed E-state index contributed by atoms with van der Waals surface area (Å²) in [6, 6.07) is 4.79. The Morgan fingerprint density at radius 3 is 2.84 bits per heavy atom. The highest BCUT2D eigenvalue weighted by Crippen LogP contribution is 2.11. The molecule has 0 aliphatic carbocycles. The van der Waals surface area contributed by atoms with Gasteiger partial charge < -0.3 is 4.74 Å². The maximum atomic E-state index is 11.9. The average molecular weight is 282 g/mol. The Bertz CT molecular complexity index is 604.